The van der Waals surface area contributed by atoms with Crippen LogP contribution in [-0.2, 0) is 13.7 Å². The number of ether oxygens (including phenoxy) is 2. The number of fused-ring (bicyclic) bond motifs is 1. The van der Waals surface area contributed by atoms with Gasteiger partial charge in [-0.3, -0.25) is 0 Å². The Morgan fingerprint density at radius 2 is 1.66 bits per heavy atom. The zero-order valence-corrected chi connectivity index (χ0v) is 17.1. The molecule has 148 valence electrons. The highest BCUT2D eigenvalue weighted by molar-refractivity contribution is 5.88. The number of nitrogens with zero attached hydrogens (tertiary/aromatic N) is 4. The second kappa shape index (κ2) is 7.54. The Bertz CT molecular complexity index is 1140. The van der Waals surface area contributed by atoms with Crippen molar-refractivity contribution < 1.29 is 9.47 Å². The Labute approximate surface area is 170 Å². The van der Waals surface area contributed by atoms with E-state index in [0.29, 0.717) is 24.0 Å². The lowest BCUT2D eigenvalue weighted by molar-refractivity contribution is 0.124. The van der Waals surface area contributed by atoms with Gasteiger partial charge >= 0.3 is 0 Å². The Hall–Kier alpha value is -3.41. The van der Waals surface area contributed by atoms with Crippen molar-refractivity contribution in [3.63, 3.8) is 0 Å². The Balaban J connectivity index is 1.55. The van der Waals surface area contributed by atoms with Gasteiger partial charge in [-0.15, -0.1) is 5.10 Å². The molecule has 0 aliphatic rings. The van der Waals surface area contributed by atoms with E-state index in [-0.39, 0.29) is 5.60 Å². The van der Waals surface area contributed by atoms with E-state index >= 15 is 0 Å². The van der Waals surface area contributed by atoms with Gasteiger partial charge in [0.15, 0.2) is 11.6 Å². The fourth-order valence-electron chi connectivity index (χ4n) is 3.02. The number of hydrogen-bond acceptors (Lipinski definition) is 5. The third-order valence-electron chi connectivity index (χ3n) is 4.32. The second-order valence-electron chi connectivity index (χ2n) is 7.82. The van der Waals surface area contributed by atoms with Gasteiger partial charge in [-0.2, -0.15) is 0 Å². The van der Waals surface area contributed by atoms with Crippen LogP contribution in [-0.4, -0.2) is 25.3 Å². The van der Waals surface area contributed by atoms with Crippen molar-refractivity contribution in [1.29, 1.82) is 0 Å². The lowest BCUT2D eigenvalue weighted by atomic mass is 10.1. The summed E-state index contributed by atoms with van der Waals surface area (Å²) in [5, 5.41) is 6.72. The molecule has 0 amide bonds. The molecule has 0 N–H and O–H groups in total. The van der Waals surface area contributed by atoms with E-state index in [0.717, 1.165) is 22.3 Å². The van der Waals surface area contributed by atoms with E-state index in [1.807, 2.05) is 70.3 Å². The van der Waals surface area contributed by atoms with Crippen LogP contribution in [0.1, 0.15) is 26.6 Å². The maximum Gasteiger partial charge on any atom is 0.214 e. The molecule has 0 saturated carbocycles. The summed E-state index contributed by atoms with van der Waals surface area (Å²) < 4.78 is 13.6. The average Bonchev–Trinajstić information content (AvgIpc) is 3.06. The lowest BCUT2D eigenvalue weighted by Crippen LogP contribution is -2.23. The van der Waals surface area contributed by atoms with Crippen LogP contribution in [0, 0.1) is 0 Å². The van der Waals surface area contributed by atoms with Crippen LogP contribution in [0.25, 0.3) is 22.3 Å². The first kappa shape index (κ1) is 18.9. The number of benzene rings is 2. The Morgan fingerprint density at radius 1 is 0.897 bits per heavy atom. The monoisotopic (exact) mass is 388 g/mol. The van der Waals surface area contributed by atoms with E-state index in [9.17, 15) is 0 Å². The molecule has 29 heavy (non-hydrogen) atoms. The zero-order valence-electron chi connectivity index (χ0n) is 17.1. The number of hydrogen-bond donors (Lipinski definition) is 0. The molecule has 0 unspecified atom stereocenters. The van der Waals surface area contributed by atoms with Gasteiger partial charge in [-0.05, 0) is 38.3 Å². The number of aromatic nitrogens is 4. The van der Waals surface area contributed by atoms with E-state index in [4.69, 9.17) is 9.47 Å². The summed E-state index contributed by atoms with van der Waals surface area (Å²) in [7, 11) is 1.85. The highest BCUT2D eigenvalue weighted by atomic mass is 16.5. The number of pyridine rings is 1. The molecule has 4 aromatic rings. The maximum absolute atomic E-state index is 6.06. The second-order valence-corrected chi connectivity index (χ2v) is 7.82. The third kappa shape index (κ3) is 4.37. The van der Waals surface area contributed by atoms with Crippen molar-refractivity contribution in [2.45, 2.75) is 33.0 Å². The molecular weight excluding hydrogens is 364 g/mol. The van der Waals surface area contributed by atoms with Gasteiger partial charge in [-0.1, -0.05) is 42.5 Å². The van der Waals surface area contributed by atoms with E-state index in [1.54, 1.807) is 4.68 Å². The predicted molar refractivity (Wildman–Crippen MR) is 113 cm³/mol. The lowest BCUT2D eigenvalue weighted by Gasteiger charge is -2.20. The predicted octanol–water partition coefficient (Wildman–Crippen LogP) is 4.79. The topological polar surface area (TPSA) is 62.1 Å². The van der Waals surface area contributed by atoms with Crippen LogP contribution in [0.3, 0.4) is 0 Å². The molecule has 0 aliphatic heterocycles. The molecule has 0 aliphatic carbocycles. The first-order valence-electron chi connectivity index (χ1n) is 9.56. The Morgan fingerprint density at radius 3 is 2.48 bits per heavy atom. The van der Waals surface area contributed by atoms with Gasteiger partial charge in [0, 0.05) is 18.5 Å². The maximum atomic E-state index is 6.06. The minimum absolute atomic E-state index is 0.315. The average molecular weight is 388 g/mol. The van der Waals surface area contributed by atoms with Crippen molar-refractivity contribution in [3.05, 3.63) is 66.5 Å². The number of aryl methyl sites for hydroxylation is 1. The van der Waals surface area contributed by atoms with Crippen LogP contribution in [0.4, 0.5) is 0 Å². The minimum atomic E-state index is -0.319. The van der Waals surface area contributed by atoms with Crippen molar-refractivity contribution >= 4 is 10.8 Å². The van der Waals surface area contributed by atoms with Gasteiger partial charge in [0.1, 0.15) is 23.7 Å². The zero-order chi connectivity index (χ0) is 20.4. The Kier molecular flexibility index (Phi) is 4.92. The summed E-state index contributed by atoms with van der Waals surface area (Å²) in [5.41, 5.74) is 0.347. The summed E-state index contributed by atoms with van der Waals surface area (Å²) in [6.45, 7) is 6.28. The quantitative estimate of drug-likeness (QED) is 0.492. The molecule has 0 radical (unpaired) electrons. The third-order valence-corrected chi connectivity index (χ3v) is 4.32. The van der Waals surface area contributed by atoms with Crippen LogP contribution >= 0.6 is 0 Å². The molecule has 2 aromatic heterocycles. The van der Waals surface area contributed by atoms with Gasteiger partial charge in [-0.25, -0.2) is 14.6 Å². The van der Waals surface area contributed by atoms with Gasteiger partial charge in [0.2, 0.25) is 5.88 Å². The van der Waals surface area contributed by atoms with Crippen molar-refractivity contribution in [2.75, 3.05) is 0 Å². The molecular formula is C23H24N4O2. The number of rotatable bonds is 5. The molecule has 2 aromatic carbocycles. The van der Waals surface area contributed by atoms with Gasteiger partial charge in [0.25, 0.3) is 0 Å². The molecule has 0 saturated heterocycles. The molecule has 4 rings (SSSR count). The van der Waals surface area contributed by atoms with Crippen LogP contribution in [0.5, 0.6) is 11.6 Å². The van der Waals surface area contributed by atoms with E-state index in [2.05, 4.69) is 33.3 Å². The fraction of sp³-hybridized carbons (Fsp3) is 0.261. The van der Waals surface area contributed by atoms with Crippen LogP contribution in [0.2, 0.25) is 0 Å². The van der Waals surface area contributed by atoms with Crippen molar-refractivity contribution in [3.8, 4) is 23.1 Å². The van der Waals surface area contributed by atoms with Crippen molar-refractivity contribution in [2.24, 2.45) is 7.05 Å². The van der Waals surface area contributed by atoms with Crippen LogP contribution < -0.4 is 9.47 Å². The summed E-state index contributed by atoms with van der Waals surface area (Å²) >= 11 is 0. The molecule has 2 heterocycles. The molecule has 0 spiro atoms. The SMILES string of the molecule is Cn1nc(-c2cccc(OC(C)(C)C)n2)nc1COc1cccc2ccccc12. The molecule has 6 nitrogen and oxygen atoms in total. The summed E-state index contributed by atoms with van der Waals surface area (Å²) in [6, 6.07) is 19.8. The largest absolute Gasteiger partial charge is 0.485 e. The normalized spacial score (nSPS) is 11.6. The molecule has 0 bridgehead atoms. The standard InChI is InChI=1S/C23H24N4O2/c1-23(2,3)29-21-14-8-12-18(24-21)22-25-20(27(4)26-22)15-28-19-13-7-10-16-9-5-6-11-17(16)19/h5-14H,15H2,1-4H3. The summed E-state index contributed by atoms with van der Waals surface area (Å²) in [6.07, 6.45) is 0. The summed E-state index contributed by atoms with van der Waals surface area (Å²) in [5.74, 6) is 2.64. The van der Waals surface area contributed by atoms with Gasteiger partial charge < -0.3 is 9.47 Å². The first-order valence-corrected chi connectivity index (χ1v) is 9.56. The smallest absolute Gasteiger partial charge is 0.214 e. The fourth-order valence-corrected chi connectivity index (χ4v) is 3.02. The van der Waals surface area contributed by atoms with E-state index < -0.39 is 0 Å². The van der Waals surface area contributed by atoms with Gasteiger partial charge in [0.05, 0.1) is 0 Å². The molecule has 0 fully saturated rings. The highest BCUT2D eigenvalue weighted by Gasteiger charge is 2.16. The van der Waals surface area contributed by atoms with Crippen LogP contribution in [0.15, 0.2) is 60.7 Å². The highest BCUT2D eigenvalue weighted by Crippen LogP contribution is 2.26. The van der Waals surface area contributed by atoms with E-state index in [1.165, 1.54) is 0 Å². The molecule has 6 heteroatoms. The first-order chi connectivity index (χ1) is 13.9. The molecule has 0 atom stereocenters. The van der Waals surface area contributed by atoms with Crippen molar-refractivity contribution in [1.82, 2.24) is 19.7 Å². The minimum Gasteiger partial charge on any atom is -0.485 e. The summed E-state index contributed by atoms with van der Waals surface area (Å²) in [4.78, 5) is 9.16.